The number of nitrogens with one attached hydrogen (secondary N) is 1. The van der Waals surface area contributed by atoms with Crippen LogP contribution in [0.25, 0.3) is 0 Å². The second-order valence-electron chi connectivity index (χ2n) is 6.48. The molecule has 0 aliphatic carbocycles. The van der Waals surface area contributed by atoms with Crippen LogP contribution in [0.3, 0.4) is 0 Å². The van der Waals surface area contributed by atoms with Crippen LogP contribution in [0, 0.1) is 0 Å². The summed E-state index contributed by atoms with van der Waals surface area (Å²) >= 11 is 0. The van der Waals surface area contributed by atoms with Crippen LogP contribution in [-0.4, -0.2) is 43.5 Å². The van der Waals surface area contributed by atoms with Crippen molar-refractivity contribution in [2.24, 2.45) is 0 Å². The van der Waals surface area contributed by atoms with Gasteiger partial charge in [0.05, 0.1) is 19.7 Å². The minimum Gasteiger partial charge on any atom is -0.497 e. The first kappa shape index (κ1) is 21.3. The number of methoxy groups -OCH3 is 1. The SMILES string of the molecule is COc1ccc(OCCN(CCC(=O)NC(C)c2ccccc2)C(C)=O)cc1. The largest absolute Gasteiger partial charge is 0.497 e. The number of amides is 2. The Morgan fingerprint density at radius 2 is 1.64 bits per heavy atom. The molecule has 0 aliphatic rings. The van der Waals surface area contributed by atoms with E-state index in [1.54, 1.807) is 12.0 Å². The lowest BCUT2D eigenvalue weighted by Crippen LogP contribution is -2.37. The Morgan fingerprint density at radius 3 is 2.25 bits per heavy atom. The minimum atomic E-state index is -0.0846. The lowest BCUT2D eigenvalue weighted by Gasteiger charge is -2.22. The van der Waals surface area contributed by atoms with E-state index in [0.717, 1.165) is 11.3 Å². The molecule has 0 fully saturated rings. The number of nitrogens with zero attached hydrogens (tertiary/aromatic N) is 1. The van der Waals surface area contributed by atoms with Gasteiger partial charge in [-0.05, 0) is 36.8 Å². The zero-order valence-electron chi connectivity index (χ0n) is 16.7. The first-order valence-electron chi connectivity index (χ1n) is 9.36. The molecule has 1 N–H and O–H groups in total. The van der Waals surface area contributed by atoms with E-state index in [0.29, 0.717) is 25.4 Å². The Hall–Kier alpha value is -3.02. The molecule has 6 nitrogen and oxygen atoms in total. The van der Waals surface area contributed by atoms with Gasteiger partial charge in [0.2, 0.25) is 11.8 Å². The van der Waals surface area contributed by atoms with Crippen LogP contribution in [0.5, 0.6) is 11.5 Å². The van der Waals surface area contributed by atoms with Gasteiger partial charge in [-0.15, -0.1) is 0 Å². The van der Waals surface area contributed by atoms with Gasteiger partial charge in [-0.2, -0.15) is 0 Å². The van der Waals surface area contributed by atoms with Gasteiger partial charge < -0.3 is 19.7 Å². The summed E-state index contributed by atoms with van der Waals surface area (Å²) < 4.78 is 10.8. The van der Waals surface area contributed by atoms with Gasteiger partial charge in [-0.25, -0.2) is 0 Å². The zero-order chi connectivity index (χ0) is 20.4. The molecule has 1 unspecified atom stereocenters. The van der Waals surface area contributed by atoms with Gasteiger partial charge in [0, 0.05) is 19.9 Å². The first-order valence-corrected chi connectivity index (χ1v) is 9.36. The molecule has 2 rings (SSSR count). The maximum atomic E-state index is 12.2. The van der Waals surface area contributed by atoms with Crippen LogP contribution in [0.4, 0.5) is 0 Å². The highest BCUT2D eigenvalue weighted by Gasteiger charge is 2.13. The predicted octanol–water partition coefficient (Wildman–Crippen LogP) is 3.19. The van der Waals surface area contributed by atoms with Gasteiger partial charge in [0.25, 0.3) is 0 Å². The molecular weight excluding hydrogens is 356 g/mol. The standard InChI is InChI=1S/C22H28N2O4/c1-17(19-7-5-4-6-8-19)23-22(26)13-14-24(18(2)25)15-16-28-21-11-9-20(27-3)10-12-21/h4-12,17H,13-16H2,1-3H3,(H,23,26). The number of hydrogen-bond acceptors (Lipinski definition) is 4. The summed E-state index contributed by atoms with van der Waals surface area (Å²) in [6.45, 7) is 4.57. The number of hydrogen-bond donors (Lipinski definition) is 1. The number of rotatable bonds is 10. The van der Waals surface area contributed by atoms with E-state index in [2.05, 4.69) is 5.32 Å². The van der Waals surface area contributed by atoms with Gasteiger partial charge >= 0.3 is 0 Å². The van der Waals surface area contributed by atoms with Crippen LogP contribution in [0.2, 0.25) is 0 Å². The minimum absolute atomic E-state index is 0.0714. The maximum absolute atomic E-state index is 12.2. The molecule has 0 aliphatic heterocycles. The number of carbonyl (C=O) groups excluding carboxylic acids is 2. The second-order valence-corrected chi connectivity index (χ2v) is 6.48. The predicted molar refractivity (Wildman–Crippen MR) is 108 cm³/mol. The maximum Gasteiger partial charge on any atom is 0.222 e. The second kappa shape index (κ2) is 11.0. The van der Waals surface area contributed by atoms with Crippen LogP contribution in [0.15, 0.2) is 54.6 Å². The van der Waals surface area contributed by atoms with E-state index < -0.39 is 0 Å². The van der Waals surface area contributed by atoms with Gasteiger partial charge in [-0.3, -0.25) is 9.59 Å². The Morgan fingerprint density at radius 1 is 1.00 bits per heavy atom. The molecule has 0 spiro atoms. The zero-order valence-corrected chi connectivity index (χ0v) is 16.7. The van der Waals surface area contributed by atoms with Gasteiger partial charge in [0.15, 0.2) is 0 Å². The number of benzene rings is 2. The molecule has 2 aromatic carbocycles. The quantitative estimate of drug-likeness (QED) is 0.683. The van der Waals surface area contributed by atoms with Crippen molar-refractivity contribution in [3.05, 3.63) is 60.2 Å². The third-order valence-corrected chi connectivity index (χ3v) is 4.42. The lowest BCUT2D eigenvalue weighted by molar-refractivity contribution is -0.130. The number of carbonyl (C=O) groups is 2. The Kier molecular flexibility index (Phi) is 8.34. The molecular formula is C22H28N2O4. The smallest absolute Gasteiger partial charge is 0.222 e. The van der Waals surface area contributed by atoms with E-state index in [1.165, 1.54) is 6.92 Å². The Labute approximate surface area is 166 Å². The molecule has 2 amide bonds. The summed E-state index contributed by atoms with van der Waals surface area (Å²) in [5, 5.41) is 2.96. The van der Waals surface area contributed by atoms with Crippen molar-refractivity contribution < 1.29 is 19.1 Å². The van der Waals surface area contributed by atoms with E-state index in [9.17, 15) is 9.59 Å². The van der Waals surface area contributed by atoms with Crippen molar-refractivity contribution in [1.29, 1.82) is 0 Å². The fraction of sp³-hybridized carbons (Fsp3) is 0.364. The molecule has 0 saturated heterocycles. The van der Waals surface area contributed by atoms with Crippen molar-refractivity contribution in [2.75, 3.05) is 26.8 Å². The highest BCUT2D eigenvalue weighted by atomic mass is 16.5. The highest BCUT2D eigenvalue weighted by molar-refractivity contribution is 5.78. The summed E-state index contributed by atoms with van der Waals surface area (Å²) in [5.74, 6) is 1.30. The lowest BCUT2D eigenvalue weighted by atomic mass is 10.1. The van der Waals surface area contributed by atoms with Crippen molar-refractivity contribution in [2.45, 2.75) is 26.3 Å². The molecule has 6 heteroatoms. The fourth-order valence-electron chi connectivity index (χ4n) is 2.75. The van der Waals surface area contributed by atoms with E-state index >= 15 is 0 Å². The molecule has 0 aromatic heterocycles. The molecule has 28 heavy (non-hydrogen) atoms. The molecule has 0 bridgehead atoms. The third-order valence-electron chi connectivity index (χ3n) is 4.42. The summed E-state index contributed by atoms with van der Waals surface area (Å²) in [4.78, 5) is 25.7. The molecule has 150 valence electrons. The average molecular weight is 384 g/mol. The summed E-state index contributed by atoms with van der Waals surface area (Å²) in [6, 6.07) is 17.0. The summed E-state index contributed by atoms with van der Waals surface area (Å²) in [5.41, 5.74) is 1.05. The van der Waals surface area contributed by atoms with Crippen LogP contribution < -0.4 is 14.8 Å². The molecule has 0 heterocycles. The fourth-order valence-corrected chi connectivity index (χ4v) is 2.75. The van der Waals surface area contributed by atoms with E-state index in [1.807, 2.05) is 61.5 Å². The summed E-state index contributed by atoms with van der Waals surface area (Å²) in [7, 11) is 1.61. The summed E-state index contributed by atoms with van der Waals surface area (Å²) in [6.07, 6.45) is 0.249. The molecule has 0 saturated carbocycles. The topological polar surface area (TPSA) is 67.9 Å². The van der Waals surface area contributed by atoms with Crippen LogP contribution >= 0.6 is 0 Å². The van der Waals surface area contributed by atoms with Crippen molar-refractivity contribution in [1.82, 2.24) is 10.2 Å². The Bertz CT molecular complexity index is 747. The first-order chi connectivity index (χ1) is 13.5. The van der Waals surface area contributed by atoms with E-state index in [4.69, 9.17) is 9.47 Å². The average Bonchev–Trinajstić information content (AvgIpc) is 2.71. The number of ether oxygens (including phenoxy) is 2. The van der Waals surface area contributed by atoms with Gasteiger partial charge in [-0.1, -0.05) is 30.3 Å². The Balaban J connectivity index is 1.75. The molecule has 0 radical (unpaired) electrons. The van der Waals surface area contributed by atoms with Crippen molar-refractivity contribution in [3.63, 3.8) is 0 Å². The van der Waals surface area contributed by atoms with Crippen LogP contribution in [0.1, 0.15) is 31.9 Å². The molecule has 2 aromatic rings. The monoisotopic (exact) mass is 384 g/mol. The van der Waals surface area contributed by atoms with Crippen molar-refractivity contribution >= 4 is 11.8 Å². The third kappa shape index (κ3) is 6.95. The van der Waals surface area contributed by atoms with Crippen LogP contribution in [-0.2, 0) is 9.59 Å². The van der Waals surface area contributed by atoms with E-state index in [-0.39, 0.29) is 24.3 Å². The normalized spacial score (nSPS) is 11.4. The van der Waals surface area contributed by atoms with Gasteiger partial charge in [0.1, 0.15) is 18.1 Å². The molecule has 1 atom stereocenters. The highest BCUT2D eigenvalue weighted by Crippen LogP contribution is 2.17. The van der Waals surface area contributed by atoms with Crippen molar-refractivity contribution in [3.8, 4) is 11.5 Å².